The molecule has 5 nitrogen and oxygen atoms in total. The van der Waals surface area contributed by atoms with Gasteiger partial charge in [-0.15, -0.1) is 0 Å². The zero-order chi connectivity index (χ0) is 18.1. The summed E-state index contributed by atoms with van der Waals surface area (Å²) in [6.07, 6.45) is 0.934. The average molecular weight is 340 g/mol. The number of carbonyl (C=O) groups is 2. The van der Waals surface area contributed by atoms with Gasteiger partial charge >= 0.3 is 5.97 Å². The van der Waals surface area contributed by atoms with Crippen LogP contribution in [0.25, 0.3) is 0 Å². The molecule has 0 aliphatic rings. The van der Waals surface area contributed by atoms with Crippen molar-refractivity contribution in [3.8, 4) is 0 Å². The zero-order valence-electron chi connectivity index (χ0n) is 14.6. The number of benzene rings is 2. The Balaban J connectivity index is 2.05. The summed E-state index contributed by atoms with van der Waals surface area (Å²) in [5.41, 5.74) is 2.01. The maximum atomic E-state index is 12.6. The first-order chi connectivity index (χ1) is 12.1. The molecule has 0 aromatic heterocycles. The molecular formula is C20H24N2O3. The highest BCUT2D eigenvalue weighted by Crippen LogP contribution is 2.07. The van der Waals surface area contributed by atoms with Crippen molar-refractivity contribution in [2.75, 3.05) is 14.2 Å². The molecule has 2 unspecified atom stereocenters. The number of carbonyl (C=O) groups excluding carboxylic acids is 2. The number of rotatable bonds is 8. The monoisotopic (exact) mass is 340 g/mol. The van der Waals surface area contributed by atoms with E-state index in [1.165, 1.54) is 7.11 Å². The molecule has 0 aliphatic heterocycles. The Kier molecular flexibility index (Phi) is 7.16. The van der Waals surface area contributed by atoms with Gasteiger partial charge in [-0.05, 0) is 24.6 Å². The SMILES string of the molecule is CNC(Cc1ccccc1)C(=O)NC(Cc1ccccc1)C(=O)OC. The lowest BCUT2D eigenvalue weighted by molar-refractivity contribution is -0.145. The molecule has 2 N–H and O–H groups in total. The Labute approximate surface area is 148 Å². The second-order valence-electron chi connectivity index (χ2n) is 5.81. The minimum Gasteiger partial charge on any atom is -0.467 e. The summed E-state index contributed by atoms with van der Waals surface area (Å²) in [5.74, 6) is -0.676. The summed E-state index contributed by atoms with van der Waals surface area (Å²) in [5, 5.41) is 5.82. The third-order valence-electron chi connectivity index (χ3n) is 4.03. The van der Waals surface area contributed by atoms with Crippen molar-refractivity contribution in [2.45, 2.75) is 24.9 Å². The number of ether oxygens (including phenoxy) is 1. The first kappa shape index (κ1) is 18.7. The van der Waals surface area contributed by atoms with Crippen LogP contribution in [0, 0.1) is 0 Å². The summed E-state index contributed by atoms with van der Waals surface area (Å²) >= 11 is 0. The maximum absolute atomic E-state index is 12.6. The van der Waals surface area contributed by atoms with Crippen molar-refractivity contribution in [3.05, 3.63) is 71.8 Å². The topological polar surface area (TPSA) is 67.4 Å². The summed E-state index contributed by atoms with van der Waals surface area (Å²) < 4.78 is 4.84. The molecular weight excluding hydrogens is 316 g/mol. The Morgan fingerprint density at radius 2 is 1.36 bits per heavy atom. The van der Waals surface area contributed by atoms with E-state index < -0.39 is 18.1 Å². The van der Waals surface area contributed by atoms with Crippen LogP contribution in [0.5, 0.6) is 0 Å². The first-order valence-corrected chi connectivity index (χ1v) is 8.27. The standard InChI is InChI=1S/C20H24N2O3/c1-21-17(13-15-9-5-3-6-10-15)19(23)22-18(20(24)25-2)14-16-11-7-4-8-12-16/h3-12,17-18,21H,13-14H2,1-2H3,(H,22,23). The number of hydrogen-bond acceptors (Lipinski definition) is 4. The Morgan fingerprint density at radius 1 is 0.880 bits per heavy atom. The molecule has 0 saturated carbocycles. The molecule has 0 saturated heterocycles. The summed E-state index contributed by atoms with van der Waals surface area (Å²) in [7, 11) is 3.06. The molecule has 2 rings (SSSR count). The first-order valence-electron chi connectivity index (χ1n) is 8.27. The van der Waals surface area contributed by atoms with Gasteiger partial charge in [-0.25, -0.2) is 4.79 Å². The van der Waals surface area contributed by atoms with Crippen LogP contribution < -0.4 is 10.6 Å². The molecule has 2 aromatic rings. The quantitative estimate of drug-likeness (QED) is 0.718. The molecule has 2 aromatic carbocycles. The number of amides is 1. The third-order valence-corrected chi connectivity index (χ3v) is 4.03. The number of likely N-dealkylation sites (N-methyl/N-ethyl adjacent to an activating group) is 1. The van der Waals surface area contributed by atoms with E-state index in [0.717, 1.165) is 11.1 Å². The van der Waals surface area contributed by atoms with E-state index in [-0.39, 0.29) is 5.91 Å². The third kappa shape index (κ3) is 5.72. The van der Waals surface area contributed by atoms with Crippen molar-refractivity contribution in [3.63, 3.8) is 0 Å². The maximum Gasteiger partial charge on any atom is 0.328 e. The molecule has 132 valence electrons. The van der Waals surface area contributed by atoms with Crippen LogP contribution >= 0.6 is 0 Å². The lowest BCUT2D eigenvalue weighted by atomic mass is 10.0. The molecule has 5 heteroatoms. The van der Waals surface area contributed by atoms with E-state index in [1.54, 1.807) is 7.05 Å². The summed E-state index contributed by atoms with van der Waals surface area (Å²) in [6.45, 7) is 0. The van der Waals surface area contributed by atoms with Crippen LogP contribution in [0.15, 0.2) is 60.7 Å². The lowest BCUT2D eigenvalue weighted by Crippen LogP contribution is -2.51. The number of hydrogen-bond donors (Lipinski definition) is 2. The molecule has 0 fully saturated rings. The van der Waals surface area contributed by atoms with Crippen LogP contribution in [0.3, 0.4) is 0 Å². The molecule has 0 aliphatic carbocycles. The second-order valence-corrected chi connectivity index (χ2v) is 5.81. The van der Waals surface area contributed by atoms with Crippen molar-refractivity contribution >= 4 is 11.9 Å². The van der Waals surface area contributed by atoms with E-state index in [2.05, 4.69) is 10.6 Å². The molecule has 0 radical (unpaired) electrons. The van der Waals surface area contributed by atoms with Crippen LogP contribution in [-0.2, 0) is 27.2 Å². The van der Waals surface area contributed by atoms with Gasteiger partial charge in [0.15, 0.2) is 0 Å². The largest absolute Gasteiger partial charge is 0.467 e. The Morgan fingerprint density at radius 3 is 1.80 bits per heavy atom. The lowest BCUT2D eigenvalue weighted by Gasteiger charge is -2.21. The van der Waals surface area contributed by atoms with E-state index in [1.807, 2.05) is 60.7 Å². The predicted molar refractivity (Wildman–Crippen MR) is 97.1 cm³/mol. The van der Waals surface area contributed by atoms with Crippen LogP contribution in [0.2, 0.25) is 0 Å². The normalized spacial score (nSPS) is 12.9. The summed E-state index contributed by atoms with van der Waals surface area (Å²) in [4.78, 5) is 24.7. The molecule has 0 heterocycles. The zero-order valence-corrected chi connectivity index (χ0v) is 14.6. The smallest absolute Gasteiger partial charge is 0.328 e. The number of nitrogens with one attached hydrogen (secondary N) is 2. The van der Waals surface area contributed by atoms with Crippen molar-refractivity contribution in [1.82, 2.24) is 10.6 Å². The Hall–Kier alpha value is -2.66. The fourth-order valence-corrected chi connectivity index (χ4v) is 2.63. The predicted octanol–water partition coefficient (Wildman–Crippen LogP) is 1.72. The highest BCUT2D eigenvalue weighted by molar-refractivity contribution is 5.87. The van der Waals surface area contributed by atoms with Gasteiger partial charge < -0.3 is 15.4 Å². The van der Waals surface area contributed by atoms with Gasteiger partial charge in [-0.3, -0.25) is 4.79 Å². The summed E-state index contributed by atoms with van der Waals surface area (Å²) in [6, 6.07) is 18.2. The second kappa shape index (κ2) is 9.59. The Bertz CT molecular complexity index is 674. The van der Waals surface area contributed by atoms with E-state index in [9.17, 15) is 9.59 Å². The van der Waals surface area contributed by atoms with Gasteiger partial charge in [0.25, 0.3) is 0 Å². The van der Waals surface area contributed by atoms with E-state index in [0.29, 0.717) is 12.8 Å². The van der Waals surface area contributed by atoms with E-state index >= 15 is 0 Å². The molecule has 1 amide bonds. The van der Waals surface area contributed by atoms with Gasteiger partial charge in [0.05, 0.1) is 13.2 Å². The molecule has 0 spiro atoms. The fraction of sp³-hybridized carbons (Fsp3) is 0.300. The average Bonchev–Trinajstić information content (AvgIpc) is 2.66. The molecule has 25 heavy (non-hydrogen) atoms. The number of esters is 1. The van der Waals surface area contributed by atoms with Crippen molar-refractivity contribution < 1.29 is 14.3 Å². The van der Waals surface area contributed by atoms with Gasteiger partial charge in [0, 0.05) is 6.42 Å². The highest BCUT2D eigenvalue weighted by Gasteiger charge is 2.25. The van der Waals surface area contributed by atoms with Gasteiger partial charge in [0.2, 0.25) is 5.91 Å². The number of methoxy groups -OCH3 is 1. The van der Waals surface area contributed by atoms with Crippen molar-refractivity contribution in [1.29, 1.82) is 0 Å². The molecule has 2 atom stereocenters. The minimum absolute atomic E-state index is 0.224. The highest BCUT2D eigenvalue weighted by atomic mass is 16.5. The van der Waals surface area contributed by atoms with Crippen LogP contribution in [-0.4, -0.2) is 38.1 Å². The van der Waals surface area contributed by atoms with Crippen LogP contribution in [0.4, 0.5) is 0 Å². The van der Waals surface area contributed by atoms with Crippen molar-refractivity contribution in [2.24, 2.45) is 0 Å². The van der Waals surface area contributed by atoms with Crippen LogP contribution in [0.1, 0.15) is 11.1 Å². The van der Waals surface area contributed by atoms with Gasteiger partial charge in [0.1, 0.15) is 6.04 Å². The van der Waals surface area contributed by atoms with Gasteiger partial charge in [-0.1, -0.05) is 60.7 Å². The minimum atomic E-state index is -0.716. The molecule has 0 bridgehead atoms. The van der Waals surface area contributed by atoms with Gasteiger partial charge in [-0.2, -0.15) is 0 Å². The van der Waals surface area contributed by atoms with E-state index in [4.69, 9.17) is 4.74 Å². The fourth-order valence-electron chi connectivity index (χ4n) is 2.63.